The first-order valence-electron chi connectivity index (χ1n) is 6.56. The van der Waals surface area contributed by atoms with E-state index in [2.05, 4.69) is 19.2 Å². The molecule has 0 heterocycles. The van der Waals surface area contributed by atoms with Crippen molar-refractivity contribution in [1.29, 1.82) is 0 Å². The molecule has 0 bridgehead atoms. The Balaban J connectivity index is 0.00000361. The number of nitrogens with one attached hydrogen (secondary N) is 1. The summed E-state index contributed by atoms with van der Waals surface area (Å²) in [5.41, 5.74) is 6.08. The predicted octanol–water partition coefficient (Wildman–Crippen LogP) is 3.05. The van der Waals surface area contributed by atoms with Gasteiger partial charge < -0.3 is 11.1 Å². The molecule has 3 nitrogen and oxygen atoms in total. The van der Waals surface area contributed by atoms with Crippen molar-refractivity contribution in [3.63, 3.8) is 0 Å². The van der Waals surface area contributed by atoms with E-state index in [1.54, 1.807) is 13.0 Å². The monoisotopic (exact) mass is 302 g/mol. The van der Waals surface area contributed by atoms with E-state index in [0.717, 1.165) is 12.0 Å². The van der Waals surface area contributed by atoms with Crippen LogP contribution in [0.25, 0.3) is 0 Å². The molecule has 0 aliphatic carbocycles. The van der Waals surface area contributed by atoms with Gasteiger partial charge in [-0.15, -0.1) is 12.4 Å². The highest BCUT2D eigenvalue weighted by molar-refractivity contribution is 5.95. The van der Waals surface area contributed by atoms with E-state index in [9.17, 15) is 9.18 Å². The van der Waals surface area contributed by atoms with Crippen LogP contribution in [0, 0.1) is 18.7 Å². The largest absolute Gasteiger partial charge is 0.346 e. The highest BCUT2D eigenvalue weighted by Crippen LogP contribution is 2.17. The van der Waals surface area contributed by atoms with Crippen molar-refractivity contribution in [2.45, 2.75) is 39.7 Å². The lowest BCUT2D eigenvalue weighted by molar-refractivity contribution is 0.0894. The molecule has 20 heavy (non-hydrogen) atoms. The van der Waals surface area contributed by atoms with E-state index in [0.29, 0.717) is 12.5 Å². The van der Waals surface area contributed by atoms with E-state index < -0.39 is 17.3 Å². The maximum Gasteiger partial charge on any atom is 0.254 e. The molecule has 0 aliphatic heterocycles. The lowest BCUT2D eigenvalue weighted by atomic mass is 9.90. The van der Waals surface area contributed by atoms with E-state index in [4.69, 9.17) is 5.73 Å². The summed E-state index contributed by atoms with van der Waals surface area (Å²) < 4.78 is 13.8. The minimum atomic E-state index is -0.511. The van der Waals surface area contributed by atoms with Crippen molar-refractivity contribution in [3.05, 3.63) is 35.1 Å². The second-order valence-electron chi connectivity index (χ2n) is 5.80. The fourth-order valence-corrected chi connectivity index (χ4v) is 2.23. The predicted molar refractivity (Wildman–Crippen MR) is 82.8 cm³/mol. The molecule has 0 saturated heterocycles. The van der Waals surface area contributed by atoms with Gasteiger partial charge in [-0.05, 0) is 43.9 Å². The number of benzene rings is 1. The van der Waals surface area contributed by atoms with Gasteiger partial charge in [0.2, 0.25) is 0 Å². The second kappa shape index (κ2) is 7.60. The highest BCUT2D eigenvalue weighted by atomic mass is 35.5. The SMILES string of the molecule is Cc1ccc(C(=O)NC(C)(CN)CC(C)C)c(F)c1.Cl. The van der Waals surface area contributed by atoms with Crippen molar-refractivity contribution in [3.8, 4) is 0 Å². The van der Waals surface area contributed by atoms with Gasteiger partial charge in [-0.3, -0.25) is 4.79 Å². The summed E-state index contributed by atoms with van der Waals surface area (Å²) in [4.78, 5) is 12.1. The number of nitrogens with two attached hydrogens (primary N) is 1. The van der Waals surface area contributed by atoms with Crippen molar-refractivity contribution in [1.82, 2.24) is 5.32 Å². The van der Waals surface area contributed by atoms with Crippen LogP contribution in [-0.4, -0.2) is 18.0 Å². The van der Waals surface area contributed by atoms with Gasteiger partial charge in [0.25, 0.3) is 5.91 Å². The molecule has 3 N–H and O–H groups in total. The average Bonchev–Trinajstić information content (AvgIpc) is 2.27. The van der Waals surface area contributed by atoms with E-state index in [1.807, 2.05) is 6.92 Å². The summed E-state index contributed by atoms with van der Waals surface area (Å²) in [7, 11) is 0. The number of aryl methyl sites for hydroxylation is 1. The molecule has 114 valence electrons. The van der Waals surface area contributed by atoms with E-state index in [-0.39, 0.29) is 18.0 Å². The topological polar surface area (TPSA) is 55.1 Å². The number of carbonyl (C=O) groups is 1. The summed E-state index contributed by atoms with van der Waals surface area (Å²) in [6.07, 6.45) is 0.753. The van der Waals surface area contributed by atoms with Crippen LogP contribution in [0.4, 0.5) is 4.39 Å². The summed E-state index contributed by atoms with van der Waals surface area (Å²) in [5, 5.41) is 2.85. The average molecular weight is 303 g/mol. The van der Waals surface area contributed by atoms with Crippen LogP contribution in [0.3, 0.4) is 0 Å². The maximum atomic E-state index is 13.8. The van der Waals surface area contributed by atoms with Gasteiger partial charge in [0.1, 0.15) is 5.82 Å². The maximum absolute atomic E-state index is 13.8. The number of halogens is 2. The van der Waals surface area contributed by atoms with Crippen LogP contribution in [-0.2, 0) is 0 Å². The third-order valence-electron chi connectivity index (χ3n) is 3.09. The van der Waals surface area contributed by atoms with Crippen LogP contribution < -0.4 is 11.1 Å². The van der Waals surface area contributed by atoms with Gasteiger partial charge in [-0.1, -0.05) is 19.9 Å². The molecule has 1 aromatic rings. The molecule has 0 radical (unpaired) electrons. The van der Waals surface area contributed by atoms with Crippen LogP contribution in [0.1, 0.15) is 43.1 Å². The van der Waals surface area contributed by atoms with Gasteiger partial charge in [0.05, 0.1) is 5.56 Å². The summed E-state index contributed by atoms with van der Waals surface area (Å²) in [6.45, 7) is 8.12. The van der Waals surface area contributed by atoms with Gasteiger partial charge in [-0.2, -0.15) is 0 Å². The van der Waals surface area contributed by atoms with Crippen molar-refractivity contribution in [2.75, 3.05) is 6.54 Å². The Kier molecular flexibility index (Phi) is 7.17. The molecular formula is C15H24ClFN2O. The zero-order valence-corrected chi connectivity index (χ0v) is 13.3. The lowest BCUT2D eigenvalue weighted by Gasteiger charge is -2.31. The molecule has 1 aromatic carbocycles. The quantitative estimate of drug-likeness (QED) is 0.878. The van der Waals surface area contributed by atoms with Gasteiger partial charge in [0.15, 0.2) is 0 Å². The molecule has 0 aromatic heterocycles. The Morgan fingerprint density at radius 1 is 1.45 bits per heavy atom. The Morgan fingerprint density at radius 3 is 2.50 bits per heavy atom. The number of hydrogen-bond acceptors (Lipinski definition) is 2. The zero-order valence-electron chi connectivity index (χ0n) is 12.5. The first-order valence-corrected chi connectivity index (χ1v) is 6.56. The number of rotatable bonds is 5. The normalized spacial score (nSPS) is 13.6. The van der Waals surface area contributed by atoms with Gasteiger partial charge >= 0.3 is 0 Å². The Hall–Kier alpha value is -1.13. The zero-order chi connectivity index (χ0) is 14.6. The Bertz CT molecular complexity index is 465. The summed E-state index contributed by atoms with van der Waals surface area (Å²) in [6, 6.07) is 4.59. The first-order chi connectivity index (χ1) is 8.77. The molecule has 5 heteroatoms. The van der Waals surface area contributed by atoms with Crippen molar-refractivity contribution >= 4 is 18.3 Å². The molecule has 1 rings (SSSR count). The number of amides is 1. The van der Waals surface area contributed by atoms with Crippen LogP contribution in [0.2, 0.25) is 0 Å². The highest BCUT2D eigenvalue weighted by Gasteiger charge is 2.27. The minimum Gasteiger partial charge on any atom is -0.346 e. The minimum absolute atomic E-state index is 0. The molecule has 1 unspecified atom stereocenters. The Morgan fingerprint density at radius 2 is 2.05 bits per heavy atom. The second-order valence-corrected chi connectivity index (χ2v) is 5.80. The molecule has 0 aliphatic rings. The smallest absolute Gasteiger partial charge is 0.254 e. The number of carbonyl (C=O) groups excluding carboxylic acids is 1. The lowest BCUT2D eigenvalue weighted by Crippen LogP contribution is -2.52. The fourth-order valence-electron chi connectivity index (χ4n) is 2.23. The van der Waals surface area contributed by atoms with Crippen LogP contribution in [0.5, 0.6) is 0 Å². The molecule has 0 spiro atoms. The molecular weight excluding hydrogens is 279 g/mol. The third-order valence-corrected chi connectivity index (χ3v) is 3.09. The summed E-state index contributed by atoms with van der Waals surface area (Å²) >= 11 is 0. The van der Waals surface area contributed by atoms with E-state index in [1.165, 1.54) is 12.1 Å². The van der Waals surface area contributed by atoms with Crippen LogP contribution in [0.15, 0.2) is 18.2 Å². The van der Waals surface area contributed by atoms with Crippen molar-refractivity contribution in [2.24, 2.45) is 11.7 Å². The van der Waals surface area contributed by atoms with Crippen molar-refractivity contribution < 1.29 is 9.18 Å². The molecule has 1 amide bonds. The molecule has 0 saturated carbocycles. The van der Waals surface area contributed by atoms with Crippen LogP contribution >= 0.6 is 12.4 Å². The first kappa shape index (κ1) is 18.9. The van der Waals surface area contributed by atoms with Gasteiger partial charge in [-0.25, -0.2) is 4.39 Å². The standard InChI is InChI=1S/C15H23FN2O.ClH/c1-10(2)8-15(4,9-17)18-14(19)12-6-5-11(3)7-13(12)16;/h5-7,10H,8-9,17H2,1-4H3,(H,18,19);1H. The number of hydrogen-bond donors (Lipinski definition) is 2. The fraction of sp³-hybridized carbons (Fsp3) is 0.533. The molecule has 1 atom stereocenters. The van der Waals surface area contributed by atoms with E-state index >= 15 is 0 Å². The summed E-state index contributed by atoms with van der Waals surface area (Å²) in [5.74, 6) is -0.510. The molecule has 0 fully saturated rings. The van der Waals surface area contributed by atoms with Gasteiger partial charge in [0, 0.05) is 12.1 Å². The third kappa shape index (κ3) is 5.10. The Labute approximate surface area is 126 Å².